The third-order valence-electron chi connectivity index (χ3n) is 3.98. The minimum absolute atomic E-state index is 0.203. The zero-order chi connectivity index (χ0) is 16.9. The first-order chi connectivity index (χ1) is 11.6. The SMILES string of the molecule is O=C(/C=C/c1ccc2c(c1)CN(C(=O)O)CC2)Nc1ccccc1. The molecule has 0 aliphatic carbocycles. The molecule has 0 atom stereocenters. The quantitative estimate of drug-likeness (QED) is 0.851. The van der Waals surface area contributed by atoms with E-state index in [4.69, 9.17) is 5.11 Å². The van der Waals surface area contributed by atoms with E-state index >= 15 is 0 Å². The molecule has 0 spiro atoms. The summed E-state index contributed by atoms with van der Waals surface area (Å²) < 4.78 is 0. The van der Waals surface area contributed by atoms with Crippen LogP contribution in [0, 0.1) is 0 Å². The molecular formula is C19H18N2O3. The largest absolute Gasteiger partial charge is 0.465 e. The van der Waals surface area contributed by atoms with Crippen molar-refractivity contribution in [3.8, 4) is 0 Å². The number of carbonyl (C=O) groups is 2. The molecule has 2 amide bonds. The molecule has 2 N–H and O–H groups in total. The van der Waals surface area contributed by atoms with Crippen LogP contribution in [-0.2, 0) is 17.8 Å². The van der Waals surface area contributed by atoms with Crippen LogP contribution in [0.15, 0.2) is 54.6 Å². The fraction of sp³-hybridized carbons (Fsp3) is 0.158. The molecule has 2 aromatic rings. The van der Waals surface area contributed by atoms with Gasteiger partial charge in [0.1, 0.15) is 0 Å². The molecule has 0 saturated carbocycles. The Morgan fingerprint density at radius 2 is 1.88 bits per heavy atom. The van der Waals surface area contributed by atoms with Gasteiger partial charge in [-0.05, 0) is 47.4 Å². The molecular weight excluding hydrogens is 304 g/mol. The number of hydrogen-bond donors (Lipinski definition) is 2. The second kappa shape index (κ2) is 7.00. The van der Waals surface area contributed by atoms with Gasteiger partial charge >= 0.3 is 6.09 Å². The Hall–Kier alpha value is -3.08. The Kier molecular flexibility index (Phi) is 4.61. The highest BCUT2D eigenvalue weighted by atomic mass is 16.4. The lowest BCUT2D eigenvalue weighted by molar-refractivity contribution is -0.111. The fourth-order valence-electron chi connectivity index (χ4n) is 2.72. The van der Waals surface area contributed by atoms with Gasteiger partial charge in [-0.2, -0.15) is 0 Å². The maximum absolute atomic E-state index is 11.9. The molecule has 122 valence electrons. The Labute approximate surface area is 140 Å². The summed E-state index contributed by atoms with van der Waals surface area (Å²) in [6, 6.07) is 15.1. The van der Waals surface area contributed by atoms with E-state index in [9.17, 15) is 9.59 Å². The van der Waals surface area contributed by atoms with Crippen LogP contribution in [0.3, 0.4) is 0 Å². The summed E-state index contributed by atoms with van der Waals surface area (Å²) in [7, 11) is 0. The van der Waals surface area contributed by atoms with Crippen molar-refractivity contribution < 1.29 is 14.7 Å². The first kappa shape index (κ1) is 15.8. The Morgan fingerprint density at radius 1 is 1.08 bits per heavy atom. The monoisotopic (exact) mass is 322 g/mol. The van der Waals surface area contributed by atoms with Crippen LogP contribution in [-0.4, -0.2) is 28.6 Å². The van der Waals surface area contributed by atoms with Gasteiger partial charge in [-0.3, -0.25) is 4.79 Å². The first-order valence-electron chi connectivity index (χ1n) is 7.75. The molecule has 0 unspecified atom stereocenters. The summed E-state index contributed by atoms with van der Waals surface area (Å²) in [5, 5.41) is 11.9. The number of fused-ring (bicyclic) bond motifs is 1. The van der Waals surface area contributed by atoms with Crippen molar-refractivity contribution in [1.29, 1.82) is 0 Å². The van der Waals surface area contributed by atoms with Crippen LogP contribution in [0.1, 0.15) is 16.7 Å². The second-order valence-corrected chi connectivity index (χ2v) is 5.67. The van der Waals surface area contributed by atoms with E-state index in [1.54, 1.807) is 6.08 Å². The van der Waals surface area contributed by atoms with Gasteiger partial charge < -0.3 is 15.3 Å². The van der Waals surface area contributed by atoms with Gasteiger partial charge in [-0.25, -0.2) is 4.79 Å². The van der Waals surface area contributed by atoms with E-state index in [0.717, 1.165) is 23.2 Å². The number of benzene rings is 2. The molecule has 1 aliphatic heterocycles. The third-order valence-corrected chi connectivity index (χ3v) is 3.98. The summed E-state index contributed by atoms with van der Waals surface area (Å²) in [6.07, 6.45) is 3.04. The zero-order valence-corrected chi connectivity index (χ0v) is 13.1. The predicted octanol–water partition coefficient (Wildman–Crippen LogP) is 3.37. The Bertz CT molecular complexity index is 784. The number of amides is 2. The second-order valence-electron chi connectivity index (χ2n) is 5.67. The molecule has 0 saturated heterocycles. The average Bonchev–Trinajstić information content (AvgIpc) is 2.60. The highest BCUT2D eigenvalue weighted by Gasteiger charge is 2.19. The molecule has 5 heteroatoms. The van der Waals surface area contributed by atoms with Crippen molar-refractivity contribution in [2.75, 3.05) is 11.9 Å². The number of carboxylic acid groups (broad SMARTS) is 1. The smallest absolute Gasteiger partial charge is 0.407 e. The normalized spacial score (nSPS) is 13.6. The van der Waals surface area contributed by atoms with Gasteiger partial charge in [0.15, 0.2) is 0 Å². The predicted molar refractivity (Wildman–Crippen MR) is 92.7 cm³/mol. The summed E-state index contributed by atoms with van der Waals surface area (Å²) in [4.78, 5) is 24.4. The maximum Gasteiger partial charge on any atom is 0.407 e. The molecule has 1 aliphatic rings. The highest BCUT2D eigenvalue weighted by molar-refractivity contribution is 6.01. The van der Waals surface area contributed by atoms with E-state index in [0.29, 0.717) is 13.1 Å². The Morgan fingerprint density at radius 3 is 2.62 bits per heavy atom. The topological polar surface area (TPSA) is 69.6 Å². The van der Waals surface area contributed by atoms with Crippen LogP contribution in [0.2, 0.25) is 0 Å². The molecule has 5 nitrogen and oxygen atoms in total. The lowest BCUT2D eigenvalue weighted by Crippen LogP contribution is -2.34. The summed E-state index contributed by atoms with van der Waals surface area (Å²) >= 11 is 0. The summed E-state index contributed by atoms with van der Waals surface area (Å²) in [5.74, 6) is -0.203. The van der Waals surface area contributed by atoms with E-state index in [1.807, 2.05) is 48.5 Å². The minimum atomic E-state index is -0.899. The van der Waals surface area contributed by atoms with Crippen molar-refractivity contribution in [2.45, 2.75) is 13.0 Å². The lowest BCUT2D eigenvalue weighted by atomic mass is 9.97. The Balaban J connectivity index is 1.68. The molecule has 0 aromatic heterocycles. The van der Waals surface area contributed by atoms with Crippen molar-refractivity contribution in [3.63, 3.8) is 0 Å². The summed E-state index contributed by atoms with van der Waals surface area (Å²) in [5.41, 5.74) is 3.78. The number of nitrogens with zero attached hydrogens (tertiary/aromatic N) is 1. The molecule has 0 radical (unpaired) electrons. The molecule has 1 heterocycles. The zero-order valence-electron chi connectivity index (χ0n) is 13.1. The van der Waals surface area contributed by atoms with Crippen LogP contribution in [0.25, 0.3) is 6.08 Å². The lowest BCUT2D eigenvalue weighted by Gasteiger charge is -2.26. The van der Waals surface area contributed by atoms with Crippen LogP contribution >= 0.6 is 0 Å². The van der Waals surface area contributed by atoms with Crippen molar-refractivity contribution in [1.82, 2.24) is 4.90 Å². The van der Waals surface area contributed by atoms with Gasteiger partial charge in [0, 0.05) is 24.9 Å². The average molecular weight is 322 g/mol. The van der Waals surface area contributed by atoms with E-state index < -0.39 is 6.09 Å². The van der Waals surface area contributed by atoms with Gasteiger partial charge in [-0.1, -0.05) is 30.3 Å². The van der Waals surface area contributed by atoms with Gasteiger partial charge in [-0.15, -0.1) is 0 Å². The number of rotatable bonds is 3. The highest BCUT2D eigenvalue weighted by Crippen LogP contribution is 2.21. The van der Waals surface area contributed by atoms with Gasteiger partial charge in [0.2, 0.25) is 5.91 Å². The standard InChI is InChI=1S/C19H18N2O3/c22-18(20-17-4-2-1-3-5-17)9-7-14-6-8-15-10-11-21(19(23)24)13-16(15)12-14/h1-9,12H,10-11,13H2,(H,20,22)(H,23,24)/b9-7+. The molecule has 0 bridgehead atoms. The van der Waals surface area contributed by atoms with E-state index in [2.05, 4.69) is 5.32 Å². The van der Waals surface area contributed by atoms with Crippen LogP contribution in [0.4, 0.5) is 10.5 Å². The summed E-state index contributed by atoms with van der Waals surface area (Å²) in [6.45, 7) is 0.916. The van der Waals surface area contributed by atoms with Crippen LogP contribution in [0.5, 0.6) is 0 Å². The number of carbonyl (C=O) groups excluding carboxylic acids is 1. The fourth-order valence-corrected chi connectivity index (χ4v) is 2.72. The molecule has 2 aromatic carbocycles. The number of anilines is 1. The van der Waals surface area contributed by atoms with Gasteiger partial charge in [0.25, 0.3) is 0 Å². The van der Waals surface area contributed by atoms with Crippen molar-refractivity contribution >= 4 is 23.8 Å². The van der Waals surface area contributed by atoms with E-state index in [1.165, 1.54) is 16.5 Å². The van der Waals surface area contributed by atoms with Crippen LogP contribution < -0.4 is 5.32 Å². The molecule has 24 heavy (non-hydrogen) atoms. The number of para-hydroxylation sites is 1. The maximum atomic E-state index is 11.9. The number of hydrogen-bond acceptors (Lipinski definition) is 2. The van der Waals surface area contributed by atoms with Crippen molar-refractivity contribution in [3.05, 3.63) is 71.3 Å². The van der Waals surface area contributed by atoms with Gasteiger partial charge in [0.05, 0.1) is 0 Å². The minimum Gasteiger partial charge on any atom is -0.465 e. The van der Waals surface area contributed by atoms with E-state index in [-0.39, 0.29) is 5.91 Å². The molecule has 3 rings (SSSR count). The first-order valence-corrected chi connectivity index (χ1v) is 7.75. The third kappa shape index (κ3) is 3.81. The number of nitrogens with one attached hydrogen (secondary N) is 1. The molecule has 0 fully saturated rings. The van der Waals surface area contributed by atoms with Crippen molar-refractivity contribution in [2.24, 2.45) is 0 Å².